The van der Waals surface area contributed by atoms with Gasteiger partial charge in [0, 0.05) is 25.5 Å². The number of hydrogen-bond donors (Lipinski definition) is 1. The first kappa shape index (κ1) is 16.8. The normalized spacial score (nSPS) is 11.8. The number of thiophene rings is 1. The van der Waals surface area contributed by atoms with Crippen molar-refractivity contribution in [1.82, 2.24) is 19.3 Å². The summed E-state index contributed by atoms with van der Waals surface area (Å²) in [6, 6.07) is 7.64. The molecule has 0 bridgehead atoms. The number of pyridine rings is 1. The van der Waals surface area contributed by atoms with E-state index in [4.69, 9.17) is 0 Å². The van der Waals surface area contributed by atoms with Crippen LogP contribution in [0.4, 0.5) is 0 Å². The van der Waals surface area contributed by atoms with Crippen LogP contribution in [0.2, 0.25) is 0 Å². The van der Waals surface area contributed by atoms with Crippen molar-refractivity contribution in [1.29, 1.82) is 0 Å². The number of hydrogen-bond acceptors (Lipinski definition) is 5. The second-order valence-corrected chi connectivity index (χ2v) is 7.93. The maximum Gasteiger partial charge on any atom is 0.259 e. The van der Waals surface area contributed by atoms with Crippen LogP contribution in [0, 0.1) is 6.92 Å². The van der Waals surface area contributed by atoms with E-state index in [2.05, 4.69) is 14.7 Å². The van der Waals surface area contributed by atoms with Crippen molar-refractivity contribution in [3.8, 4) is 10.6 Å². The zero-order valence-electron chi connectivity index (χ0n) is 13.4. The molecule has 0 aliphatic heterocycles. The number of imidazole rings is 1. The third-order valence-corrected chi connectivity index (χ3v) is 5.80. The standard InChI is InChI=1S/C16H18N4O2S2/c1-3-20-11-16(19-12(20)2)24(21,22)18-10-13-6-7-17-14(9-13)15-5-4-8-23-15/h4-9,11,18H,3,10H2,1-2H3. The van der Waals surface area contributed by atoms with Crippen molar-refractivity contribution < 1.29 is 8.42 Å². The molecule has 0 radical (unpaired) electrons. The lowest BCUT2D eigenvalue weighted by Crippen LogP contribution is -2.23. The van der Waals surface area contributed by atoms with E-state index >= 15 is 0 Å². The van der Waals surface area contributed by atoms with E-state index in [0.717, 1.165) is 16.1 Å². The molecule has 0 fully saturated rings. The van der Waals surface area contributed by atoms with Gasteiger partial charge >= 0.3 is 0 Å². The van der Waals surface area contributed by atoms with Gasteiger partial charge in [-0.1, -0.05) is 6.07 Å². The highest BCUT2D eigenvalue weighted by Crippen LogP contribution is 2.23. The van der Waals surface area contributed by atoms with Crippen LogP contribution >= 0.6 is 11.3 Å². The van der Waals surface area contributed by atoms with Gasteiger partial charge < -0.3 is 4.57 Å². The van der Waals surface area contributed by atoms with E-state index < -0.39 is 10.0 Å². The predicted molar refractivity (Wildman–Crippen MR) is 94.2 cm³/mol. The van der Waals surface area contributed by atoms with Gasteiger partial charge in [0.2, 0.25) is 0 Å². The Morgan fingerprint density at radius 2 is 2.17 bits per heavy atom. The summed E-state index contributed by atoms with van der Waals surface area (Å²) >= 11 is 1.60. The molecule has 0 unspecified atom stereocenters. The molecule has 0 spiro atoms. The van der Waals surface area contributed by atoms with Crippen LogP contribution in [0.1, 0.15) is 18.3 Å². The first-order valence-electron chi connectivity index (χ1n) is 7.52. The van der Waals surface area contributed by atoms with Gasteiger partial charge in [-0.3, -0.25) is 4.98 Å². The molecule has 0 saturated heterocycles. The molecule has 0 aliphatic rings. The van der Waals surface area contributed by atoms with Gasteiger partial charge in [-0.2, -0.15) is 0 Å². The van der Waals surface area contributed by atoms with Gasteiger partial charge in [-0.05, 0) is 43.0 Å². The van der Waals surface area contributed by atoms with Crippen LogP contribution in [-0.4, -0.2) is 23.0 Å². The minimum absolute atomic E-state index is 0.0504. The zero-order chi connectivity index (χ0) is 17.2. The molecule has 0 atom stereocenters. The molecule has 3 heterocycles. The topological polar surface area (TPSA) is 76.9 Å². The summed E-state index contributed by atoms with van der Waals surface area (Å²) in [7, 11) is -3.64. The maximum atomic E-state index is 12.4. The lowest BCUT2D eigenvalue weighted by molar-refractivity contribution is 0.577. The molecule has 0 amide bonds. The molecule has 0 saturated carbocycles. The lowest BCUT2D eigenvalue weighted by Gasteiger charge is -2.05. The Morgan fingerprint density at radius 1 is 1.33 bits per heavy atom. The summed E-state index contributed by atoms with van der Waals surface area (Å²) in [5.74, 6) is 0.682. The summed E-state index contributed by atoms with van der Waals surface area (Å²) < 4.78 is 29.2. The van der Waals surface area contributed by atoms with Crippen molar-refractivity contribution in [3.05, 3.63) is 53.4 Å². The summed E-state index contributed by atoms with van der Waals surface area (Å²) in [6.07, 6.45) is 3.25. The third kappa shape index (κ3) is 3.55. The monoisotopic (exact) mass is 362 g/mol. The maximum absolute atomic E-state index is 12.4. The smallest absolute Gasteiger partial charge is 0.259 e. The van der Waals surface area contributed by atoms with Gasteiger partial charge in [0.05, 0.1) is 10.6 Å². The van der Waals surface area contributed by atoms with E-state index in [1.165, 1.54) is 0 Å². The fourth-order valence-corrected chi connectivity index (χ4v) is 4.04. The summed E-state index contributed by atoms with van der Waals surface area (Å²) in [4.78, 5) is 9.51. The third-order valence-electron chi connectivity index (χ3n) is 3.63. The Balaban J connectivity index is 1.76. The molecule has 3 aromatic heterocycles. The average Bonchev–Trinajstić information content (AvgIpc) is 3.23. The van der Waals surface area contributed by atoms with Crippen molar-refractivity contribution in [2.75, 3.05) is 0 Å². The van der Waals surface area contributed by atoms with Crippen molar-refractivity contribution in [3.63, 3.8) is 0 Å². The van der Waals surface area contributed by atoms with Gasteiger partial charge in [0.15, 0.2) is 5.03 Å². The highest BCUT2D eigenvalue weighted by molar-refractivity contribution is 7.89. The minimum Gasteiger partial charge on any atom is -0.334 e. The number of rotatable bonds is 6. The van der Waals surface area contributed by atoms with Gasteiger partial charge in [0.1, 0.15) is 5.82 Å². The zero-order valence-corrected chi connectivity index (χ0v) is 15.1. The van der Waals surface area contributed by atoms with E-state index in [9.17, 15) is 8.42 Å². The van der Waals surface area contributed by atoms with Gasteiger partial charge in [0.25, 0.3) is 10.0 Å². The molecule has 24 heavy (non-hydrogen) atoms. The second-order valence-electron chi connectivity index (χ2n) is 5.26. The molecule has 6 nitrogen and oxygen atoms in total. The number of aryl methyl sites for hydroxylation is 2. The summed E-state index contributed by atoms with van der Waals surface area (Å²) in [5.41, 5.74) is 1.69. The minimum atomic E-state index is -3.64. The Labute approximate surface area is 145 Å². The predicted octanol–water partition coefficient (Wildman–Crippen LogP) is 2.81. The van der Waals surface area contributed by atoms with Crippen molar-refractivity contribution in [2.45, 2.75) is 32.0 Å². The molecular formula is C16H18N4O2S2. The van der Waals surface area contributed by atoms with Crippen LogP contribution in [0.5, 0.6) is 0 Å². The number of nitrogens with zero attached hydrogens (tertiary/aromatic N) is 3. The van der Waals surface area contributed by atoms with Crippen molar-refractivity contribution >= 4 is 21.4 Å². The molecule has 1 N–H and O–H groups in total. The summed E-state index contributed by atoms with van der Waals surface area (Å²) in [5, 5.41) is 2.04. The first-order valence-corrected chi connectivity index (χ1v) is 9.88. The quantitative estimate of drug-likeness (QED) is 0.731. The average molecular weight is 362 g/mol. The van der Waals surface area contributed by atoms with Crippen LogP contribution in [-0.2, 0) is 23.1 Å². The second kappa shape index (κ2) is 6.84. The van der Waals surface area contributed by atoms with E-state index in [0.29, 0.717) is 12.4 Å². The van der Waals surface area contributed by atoms with E-state index in [1.807, 2.05) is 30.5 Å². The Bertz CT molecular complexity index is 931. The first-order chi connectivity index (χ1) is 11.5. The molecule has 3 aromatic rings. The molecule has 8 heteroatoms. The van der Waals surface area contributed by atoms with Gasteiger partial charge in [-0.25, -0.2) is 18.1 Å². The number of nitrogens with one attached hydrogen (secondary N) is 1. The number of aromatic nitrogens is 3. The fourth-order valence-electron chi connectivity index (χ4n) is 2.32. The van der Waals surface area contributed by atoms with Gasteiger partial charge in [-0.15, -0.1) is 11.3 Å². The number of sulfonamides is 1. The fraction of sp³-hybridized carbons (Fsp3) is 0.250. The Morgan fingerprint density at radius 3 is 2.83 bits per heavy atom. The van der Waals surface area contributed by atoms with E-state index in [1.54, 1.807) is 41.3 Å². The summed E-state index contributed by atoms with van der Waals surface area (Å²) in [6.45, 7) is 4.62. The molecule has 3 rings (SSSR count). The molecular weight excluding hydrogens is 344 g/mol. The van der Waals surface area contributed by atoms with Crippen LogP contribution in [0.15, 0.2) is 47.1 Å². The van der Waals surface area contributed by atoms with Crippen LogP contribution in [0.3, 0.4) is 0 Å². The lowest BCUT2D eigenvalue weighted by atomic mass is 10.2. The highest BCUT2D eigenvalue weighted by atomic mass is 32.2. The van der Waals surface area contributed by atoms with Crippen LogP contribution in [0.25, 0.3) is 10.6 Å². The largest absolute Gasteiger partial charge is 0.334 e. The SMILES string of the molecule is CCn1cc(S(=O)(=O)NCc2ccnc(-c3cccs3)c2)nc1C. The van der Waals surface area contributed by atoms with Crippen LogP contribution < -0.4 is 4.72 Å². The molecule has 126 valence electrons. The Hall–Kier alpha value is -2.03. The van der Waals surface area contributed by atoms with Crippen molar-refractivity contribution in [2.24, 2.45) is 0 Å². The molecule has 0 aliphatic carbocycles. The van der Waals surface area contributed by atoms with E-state index in [-0.39, 0.29) is 11.6 Å². The highest BCUT2D eigenvalue weighted by Gasteiger charge is 2.18. The molecule has 0 aromatic carbocycles. The Kier molecular flexibility index (Phi) is 4.79.